The second-order valence-corrected chi connectivity index (χ2v) is 31.0. The fourth-order valence-corrected chi connectivity index (χ4v) is 14.8. The zero-order chi connectivity index (χ0) is 55.1. The van der Waals surface area contributed by atoms with Crippen molar-refractivity contribution in [2.75, 3.05) is 69.0 Å². The lowest BCUT2D eigenvalue weighted by molar-refractivity contribution is 0.243. The molecular formula is C54H88O12S6. The fraction of sp³-hybridized carbons (Fsp3) is 0.556. The van der Waals surface area contributed by atoms with Gasteiger partial charge in [-0.05, 0) is 90.9 Å². The van der Waals surface area contributed by atoms with Crippen LogP contribution >= 0.6 is 0 Å². The second kappa shape index (κ2) is 38.2. The van der Waals surface area contributed by atoms with Crippen molar-refractivity contribution in [1.82, 2.24) is 0 Å². The van der Waals surface area contributed by atoms with Crippen LogP contribution in [0.1, 0.15) is 107 Å². The molecule has 12 nitrogen and oxygen atoms in total. The first kappa shape index (κ1) is 70.7. The summed E-state index contributed by atoms with van der Waals surface area (Å²) in [5, 5.41) is 0. The van der Waals surface area contributed by atoms with E-state index in [4.69, 9.17) is 0 Å². The van der Waals surface area contributed by atoms with E-state index in [-0.39, 0.29) is 108 Å². The molecule has 412 valence electrons. The number of sulfone groups is 6. The van der Waals surface area contributed by atoms with Gasteiger partial charge in [-0.15, -0.1) is 0 Å². The summed E-state index contributed by atoms with van der Waals surface area (Å²) >= 11 is 0. The van der Waals surface area contributed by atoms with Crippen LogP contribution in [0.2, 0.25) is 0 Å². The highest BCUT2D eigenvalue weighted by atomic mass is 32.2. The van der Waals surface area contributed by atoms with Gasteiger partial charge < -0.3 is 0 Å². The van der Waals surface area contributed by atoms with Crippen molar-refractivity contribution in [2.24, 2.45) is 10.8 Å². The van der Waals surface area contributed by atoms with E-state index in [0.717, 1.165) is 0 Å². The molecule has 0 rings (SSSR count). The van der Waals surface area contributed by atoms with Gasteiger partial charge in [-0.3, -0.25) is 0 Å². The molecular weight excluding hydrogens is 1030 g/mol. The van der Waals surface area contributed by atoms with Crippen LogP contribution < -0.4 is 0 Å². The molecule has 0 atom stereocenters. The van der Waals surface area contributed by atoms with Gasteiger partial charge in [0.2, 0.25) is 0 Å². The molecule has 0 unspecified atom stereocenters. The zero-order valence-electron chi connectivity index (χ0n) is 44.3. The number of hydrogen-bond donors (Lipinski definition) is 0. The summed E-state index contributed by atoms with van der Waals surface area (Å²) < 4.78 is 151. The summed E-state index contributed by atoms with van der Waals surface area (Å²) in [4.78, 5) is 0. The Morgan fingerprint density at radius 3 is 0.500 bits per heavy atom. The highest BCUT2D eigenvalue weighted by Crippen LogP contribution is 2.38. The lowest BCUT2D eigenvalue weighted by Gasteiger charge is -2.33. The molecule has 0 amide bonds. The van der Waals surface area contributed by atoms with Gasteiger partial charge in [-0.2, -0.15) is 0 Å². The molecule has 72 heavy (non-hydrogen) atoms. The van der Waals surface area contributed by atoms with Crippen molar-refractivity contribution in [3.8, 4) is 0 Å². The largest absolute Gasteiger partial charge is 0.229 e. The van der Waals surface area contributed by atoms with Crippen molar-refractivity contribution in [1.29, 1.82) is 0 Å². The van der Waals surface area contributed by atoms with Gasteiger partial charge in [-0.25, -0.2) is 50.5 Å². The van der Waals surface area contributed by atoms with Gasteiger partial charge in [0.05, 0.1) is 69.0 Å². The molecule has 0 aromatic rings. The van der Waals surface area contributed by atoms with Crippen molar-refractivity contribution >= 4 is 59.0 Å². The van der Waals surface area contributed by atoms with E-state index in [1.165, 1.54) is 0 Å². The molecule has 0 aromatic heterocycles. The molecule has 0 bridgehead atoms. The van der Waals surface area contributed by atoms with Crippen molar-refractivity contribution in [2.45, 2.75) is 107 Å². The SMILES string of the molecule is CC=CC=CCS(=O)(=O)CCC(CC)(CCS(=O)(=O)CC=CC=CC)CCS(=O)(=O)CC=CC=CC.CC=CC=CCS(=O)(=O)CCC(CC)(CCS(=O)(=O)CC=CC=CC)CCS(=O)(=O)CC=CC=CC. The van der Waals surface area contributed by atoms with E-state index in [9.17, 15) is 50.5 Å². The van der Waals surface area contributed by atoms with E-state index < -0.39 is 69.9 Å². The van der Waals surface area contributed by atoms with Gasteiger partial charge in [0.25, 0.3) is 0 Å². The molecule has 0 aromatic carbocycles. The highest BCUT2D eigenvalue weighted by molar-refractivity contribution is 7.92. The van der Waals surface area contributed by atoms with Crippen LogP contribution in [0.25, 0.3) is 0 Å². The molecule has 18 heteroatoms. The number of rotatable bonds is 38. The Morgan fingerprint density at radius 2 is 0.389 bits per heavy atom. The predicted octanol–water partition coefficient (Wildman–Crippen LogP) is 10.4. The molecule has 0 fully saturated rings. The molecule has 0 aliphatic rings. The average Bonchev–Trinajstić information content (AvgIpc) is 3.32. The van der Waals surface area contributed by atoms with Crippen LogP contribution in [0.3, 0.4) is 0 Å². The summed E-state index contributed by atoms with van der Waals surface area (Å²) in [5.41, 5.74) is -1.42. The van der Waals surface area contributed by atoms with Gasteiger partial charge >= 0.3 is 0 Å². The third-order valence-electron chi connectivity index (χ3n) is 11.9. The molecule has 0 aliphatic carbocycles. The van der Waals surface area contributed by atoms with Gasteiger partial charge in [0.1, 0.15) is 0 Å². The second-order valence-electron chi connectivity index (χ2n) is 17.6. The Morgan fingerprint density at radius 1 is 0.250 bits per heavy atom. The average molecular weight is 1120 g/mol. The summed E-state index contributed by atoms with van der Waals surface area (Å²) in [7, 11) is -20.5. The summed E-state index contributed by atoms with van der Waals surface area (Å²) in [5.74, 6) is -1.40. The monoisotopic (exact) mass is 1120 g/mol. The normalized spacial score (nSPS) is 16.0. The standard InChI is InChI=1S/2C27H44O6S3/c2*1-5-9-12-15-21-34(28,29)24-18-27(8-4,19-25-35(30,31)22-16-13-10-6-2)20-26-36(32,33)23-17-14-11-7-3/h2*5-7,9-17H,8,18-26H2,1-4H3. The molecule has 0 aliphatic heterocycles. The zero-order valence-corrected chi connectivity index (χ0v) is 49.2. The lowest BCUT2D eigenvalue weighted by Crippen LogP contribution is -2.30. The molecule has 0 heterocycles. The Balaban J connectivity index is 0. The van der Waals surface area contributed by atoms with Crippen molar-refractivity contribution < 1.29 is 50.5 Å². The Labute approximate surface area is 439 Å². The molecule has 0 saturated carbocycles. The maximum atomic E-state index is 12.6. The van der Waals surface area contributed by atoms with Gasteiger partial charge in [0, 0.05) is 0 Å². The van der Waals surface area contributed by atoms with Crippen LogP contribution in [0.15, 0.2) is 146 Å². The third kappa shape index (κ3) is 38.2. The van der Waals surface area contributed by atoms with Gasteiger partial charge in [0.15, 0.2) is 59.0 Å². The number of allylic oxidation sites excluding steroid dienone is 18. The Hall–Kier alpha value is -3.42. The summed E-state index contributed by atoms with van der Waals surface area (Å²) in [6.45, 7) is 14.8. The van der Waals surface area contributed by atoms with Crippen LogP contribution in [0.4, 0.5) is 0 Å². The van der Waals surface area contributed by atoms with Crippen molar-refractivity contribution in [3.63, 3.8) is 0 Å². The van der Waals surface area contributed by atoms with Crippen LogP contribution in [-0.2, 0) is 59.0 Å². The van der Waals surface area contributed by atoms with Crippen LogP contribution in [-0.4, -0.2) is 120 Å². The first-order valence-electron chi connectivity index (χ1n) is 24.6. The molecule has 0 saturated heterocycles. The van der Waals surface area contributed by atoms with Crippen LogP contribution in [0, 0.1) is 10.8 Å². The lowest BCUT2D eigenvalue weighted by atomic mass is 9.77. The van der Waals surface area contributed by atoms with E-state index in [0.29, 0.717) is 12.8 Å². The van der Waals surface area contributed by atoms with Crippen molar-refractivity contribution in [3.05, 3.63) is 146 Å². The summed E-state index contributed by atoms with van der Waals surface area (Å²) in [6, 6.07) is 0. The fourth-order valence-electron chi connectivity index (χ4n) is 6.89. The third-order valence-corrected chi connectivity index (χ3v) is 21.1. The first-order chi connectivity index (χ1) is 33.7. The topological polar surface area (TPSA) is 205 Å². The van der Waals surface area contributed by atoms with E-state index >= 15 is 0 Å². The smallest absolute Gasteiger partial charge is 0.153 e. The van der Waals surface area contributed by atoms with E-state index in [1.54, 1.807) is 146 Å². The number of hydrogen-bond acceptors (Lipinski definition) is 12. The predicted molar refractivity (Wildman–Crippen MR) is 309 cm³/mol. The van der Waals surface area contributed by atoms with Crippen LogP contribution in [0.5, 0.6) is 0 Å². The molecule has 0 N–H and O–H groups in total. The Kier molecular flexibility index (Phi) is 37.5. The van der Waals surface area contributed by atoms with Gasteiger partial charge in [-0.1, -0.05) is 173 Å². The Bertz CT molecular complexity index is 2140. The molecule has 0 spiro atoms. The molecule has 0 radical (unpaired) electrons. The first-order valence-corrected chi connectivity index (χ1v) is 35.5. The maximum absolute atomic E-state index is 12.6. The highest BCUT2D eigenvalue weighted by Gasteiger charge is 2.34. The minimum Gasteiger partial charge on any atom is -0.229 e. The summed E-state index contributed by atoms with van der Waals surface area (Å²) in [6.07, 6.45) is 43.1. The minimum absolute atomic E-state index is 0.112. The van der Waals surface area contributed by atoms with E-state index in [1.807, 2.05) is 55.4 Å². The maximum Gasteiger partial charge on any atom is 0.153 e. The quantitative estimate of drug-likeness (QED) is 0.0530. The van der Waals surface area contributed by atoms with E-state index in [2.05, 4.69) is 0 Å². The minimum atomic E-state index is -3.41.